The van der Waals surface area contributed by atoms with Crippen LogP contribution in [0.2, 0.25) is 0 Å². The number of phenols is 1. The summed E-state index contributed by atoms with van der Waals surface area (Å²) in [4.78, 5) is 10.1. The first-order valence-electron chi connectivity index (χ1n) is 18.0. The number of hydrogen-bond acceptors (Lipinski definition) is 4. The number of ether oxygens (including phenoxy) is 1. The lowest BCUT2D eigenvalue weighted by molar-refractivity contribution is 0.302. The first-order chi connectivity index (χ1) is 23.7. The molecular formula is C44H46N2O2. The number of hydrogen-bond donors (Lipinski definition) is 1. The Morgan fingerprint density at radius 3 is 2.31 bits per heavy atom. The topological polar surface area (TPSA) is 55.2 Å². The van der Waals surface area contributed by atoms with Gasteiger partial charge in [0.25, 0.3) is 0 Å². The van der Waals surface area contributed by atoms with Crippen LogP contribution >= 0.6 is 0 Å². The lowest BCUT2D eigenvalue weighted by atomic mass is 9.67. The molecular weight excluding hydrogens is 588 g/mol. The molecule has 4 aliphatic carbocycles. The zero-order valence-electron chi connectivity index (χ0n) is 28.1. The van der Waals surface area contributed by atoms with Crippen LogP contribution in [0.3, 0.4) is 0 Å². The number of aromatic hydroxyl groups is 1. The van der Waals surface area contributed by atoms with Gasteiger partial charge in [-0.25, -0.2) is 9.97 Å². The van der Waals surface area contributed by atoms with Gasteiger partial charge in [-0.05, 0) is 58.9 Å². The van der Waals surface area contributed by atoms with Gasteiger partial charge in [-0.1, -0.05) is 144 Å². The van der Waals surface area contributed by atoms with Crippen molar-refractivity contribution in [2.24, 2.45) is 5.92 Å². The van der Waals surface area contributed by atoms with E-state index >= 15 is 0 Å². The van der Waals surface area contributed by atoms with E-state index in [0.29, 0.717) is 23.7 Å². The summed E-state index contributed by atoms with van der Waals surface area (Å²) in [6, 6.07) is 17.8. The van der Waals surface area contributed by atoms with E-state index in [0.717, 1.165) is 35.4 Å². The summed E-state index contributed by atoms with van der Waals surface area (Å²) in [7, 11) is 0. The summed E-state index contributed by atoms with van der Waals surface area (Å²) in [6.07, 6.45) is 31.9. The van der Waals surface area contributed by atoms with Gasteiger partial charge in [0.2, 0.25) is 0 Å². The maximum Gasteiger partial charge on any atom is 0.164 e. The summed E-state index contributed by atoms with van der Waals surface area (Å²) in [5.74, 6) is 1.49. The average Bonchev–Trinajstić information content (AvgIpc) is 3.13. The van der Waals surface area contributed by atoms with Crippen molar-refractivity contribution in [2.45, 2.75) is 77.6 Å². The first-order valence-corrected chi connectivity index (χ1v) is 18.0. The molecule has 0 bridgehead atoms. The molecule has 4 heteroatoms. The van der Waals surface area contributed by atoms with Crippen LogP contribution in [0.15, 0.2) is 131 Å². The minimum absolute atomic E-state index is 0.122. The summed E-state index contributed by atoms with van der Waals surface area (Å²) < 4.78 is 6.04. The van der Waals surface area contributed by atoms with Crippen molar-refractivity contribution in [1.29, 1.82) is 0 Å². The van der Waals surface area contributed by atoms with E-state index in [-0.39, 0.29) is 11.7 Å². The third kappa shape index (κ3) is 6.94. The number of allylic oxidation sites excluding steroid dienone is 14. The monoisotopic (exact) mass is 634 g/mol. The molecule has 1 aromatic heterocycles. The second-order valence-corrected chi connectivity index (χ2v) is 13.3. The van der Waals surface area contributed by atoms with Crippen molar-refractivity contribution in [3.05, 3.63) is 137 Å². The minimum Gasteiger partial charge on any atom is -0.507 e. The van der Waals surface area contributed by atoms with Gasteiger partial charge in [0.15, 0.2) is 5.82 Å². The van der Waals surface area contributed by atoms with Gasteiger partial charge in [-0.2, -0.15) is 0 Å². The van der Waals surface area contributed by atoms with Crippen molar-refractivity contribution >= 4 is 5.57 Å². The van der Waals surface area contributed by atoms with E-state index < -0.39 is 0 Å². The molecule has 1 atom stereocenters. The molecule has 0 amide bonds. The van der Waals surface area contributed by atoms with Crippen molar-refractivity contribution in [1.82, 2.24) is 9.97 Å². The van der Waals surface area contributed by atoms with Crippen LogP contribution < -0.4 is 4.74 Å². The molecule has 1 unspecified atom stereocenters. The highest BCUT2D eigenvalue weighted by molar-refractivity contribution is 5.86. The first kappa shape index (κ1) is 31.9. The summed E-state index contributed by atoms with van der Waals surface area (Å²) in [6.45, 7) is 2.92. The van der Waals surface area contributed by atoms with Crippen molar-refractivity contribution in [3.8, 4) is 34.1 Å². The molecule has 4 aliphatic rings. The fourth-order valence-electron chi connectivity index (χ4n) is 7.36. The summed E-state index contributed by atoms with van der Waals surface area (Å²) >= 11 is 0. The fraction of sp³-hybridized carbons (Fsp3) is 0.318. The molecule has 0 saturated carbocycles. The van der Waals surface area contributed by atoms with Crippen molar-refractivity contribution in [2.75, 3.05) is 6.61 Å². The number of unbranched alkanes of at least 4 members (excludes halogenated alkanes) is 9. The molecule has 1 N–H and O–H groups in total. The number of nitrogens with zero attached hydrogens (tertiary/aromatic N) is 2. The fourth-order valence-corrected chi connectivity index (χ4v) is 7.36. The molecule has 1 heterocycles. The molecule has 0 aliphatic heterocycles. The van der Waals surface area contributed by atoms with Crippen LogP contribution in [0.5, 0.6) is 11.5 Å². The van der Waals surface area contributed by atoms with Gasteiger partial charge in [0.1, 0.15) is 11.5 Å². The predicted molar refractivity (Wildman–Crippen MR) is 198 cm³/mol. The van der Waals surface area contributed by atoms with E-state index in [1.54, 1.807) is 6.07 Å². The largest absolute Gasteiger partial charge is 0.507 e. The average molecular weight is 635 g/mol. The Labute approximate surface area is 285 Å². The second-order valence-electron chi connectivity index (χ2n) is 13.3. The number of benzene rings is 2. The van der Waals surface area contributed by atoms with E-state index in [9.17, 15) is 5.11 Å². The molecule has 2 aromatic carbocycles. The molecule has 0 spiro atoms. The highest BCUT2D eigenvalue weighted by atomic mass is 16.5. The Hall–Kier alpha value is -4.70. The Kier molecular flexibility index (Phi) is 9.98. The van der Waals surface area contributed by atoms with Gasteiger partial charge >= 0.3 is 0 Å². The van der Waals surface area contributed by atoms with E-state index in [4.69, 9.17) is 14.7 Å². The SMILES string of the molecule is CCCCCCCCCCCCOc1ccc(-c2nc(C3=C4C=CC5=C6C(=CC=C(C=C3)C46)C=CC5)cc(-c3ccccc3)n2)c(O)c1. The third-order valence-corrected chi connectivity index (χ3v) is 9.95. The van der Waals surface area contributed by atoms with Crippen LogP contribution in [0.1, 0.15) is 83.2 Å². The van der Waals surface area contributed by atoms with Gasteiger partial charge in [-0.15, -0.1) is 0 Å². The molecule has 7 rings (SSSR count). The summed E-state index contributed by atoms with van der Waals surface area (Å²) in [5.41, 5.74) is 11.0. The highest BCUT2D eigenvalue weighted by Gasteiger charge is 2.34. The molecule has 0 saturated heterocycles. The van der Waals surface area contributed by atoms with Gasteiger partial charge in [-0.3, -0.25) is 0 Å². The van der Waals surface area contributed by atoms with Gasteiger partial charge in [0.05, 0.1) is 23.6 Å². The number of rotatable bonds is 15. The molecule has 0 radical (unpaired) electrons. The minimum atomic E-state index is 0.122. The van der Waals surface area contributed by atoms with E-state index in [2.05, 4.69) is 73.7 Å². The zero-order valence-corrected chi connectivity index (χ0v) is 28.1. The molecule has 48 heavy (non-hydrogen) atoms. The Morgan fingerprint density at radius 1 is 0.750 bits per heavy atom. The number of aromatic nitrogens is 2. The smallest absolute Gasteiger partial charge is 0.164 e. The van der Waals surface area contributed by atoms with Crippen LogP contribution in [0, 0.1) is 5.92 Å². The lowest BCUT2D eigenvalue weighted by Gasteiger charge is -2.36. The van der Waals surface area contributed by atoms with Crippen LogP contribution in [-0.4, -0.2) is 21.7 Å². The van der Waals surface area contributed by atoms with E-state index in [1.165, 1.54) is 85.7 Å². The predicted octanol–water partition coefficient (Wildman–Crippen LogP) is 11.4. The molecule has 4 nitrogen and oxygen atoms in total. The Morgan fingerprint density at radius 2 is 1.52 bits per heavy atom. The quantitative estimate of drug-likeness (QED) is 0.169. The van der Waals surface area contributed by atoms with Gasteiger partial charge in [0, 0.05) is 23.1 Å². The lowest BCUT2D eigenvalue weighted by Crippen LogP contribution is -2.22. The molecule has 3 aromatic rings. The second kappa shape index (κ2) is 15.0. The Bertz CT molecular complexity index is 1870. The van der Waals surface area contributed by atoms with E-state index in [1.807, 2.05) is 30.3 Å². The summed E-state index contributed by atoms with van der Waals surface area (Å²) in [5, 5.41) is 11.2. The third-order valence-electron chi connectivity index (χ3n) is 9.95. The standard InChI is InChI=1S/C44H46N2O2/c1-2-3-4-5-6-7-8-9-10-14-28-48-35-24-27-38(41(47)29-35)44-45-39(31-16-12-11-13-17-31)30-40(46-44)36-25-22-34-21-20-32-18-15-19-33-23-26-37(36)43(34)42(32)33/h11-13,15-18,20-27,29-30,43,47H,2-10,14,19,28H2,1H3. The van der Waals surface area contributed by atoms with Crippen molar-refractivity contribution < 1.29 is 9.84 Å². The van der Waals surface area contributed by atoms with Crippen LogP contribution in [0.4, 0.5) is 0 Å². The number of phenolic OH excluding ortho intramolecular Hbond substituents is 1. The van der Waals surface area contributed by atoms with Crippen LogP contribution in [-0.2, 0) is 0 Å². The van der Waals surface area contributed by atoms with Gasteiger partial charge < -0.3 is 9.84 Å². The normalized spacial score (nSPS) is 17.4. The maximum atomic E-state index is 11.2. The molecule has 0 fully saturated rings. The molecule has 244 valence electrons. The van der Waals surface area contributed by atoms with Crippen molar-refractivity contribution in [3.63, 3.8) is 0 Å². The van der Waals surface area contributed by atoms with Crippen LogP contribution in [0.25, 0.3) is 28.2 Å². The zero-order chi connectivity index (χ0) is 32.7. The maximum absolute atomic E-state index is 11.2. The highest BCUT2D eigenvalue weighted by Crippen LogP contribution is 2.49. The Balaban J connectivity index is 1.10.